The van der Waals surface area contributed by atoms with E-state index < -0.39 is 0 Å². The molecule has 0 aliphatic carbocycles. The normalized spacial score (nSPS) is 11.3. The Hall–Kier alpha value is -1.32. The molecule has 0 aromatic carbocycles. The van der Waals surface area contributed by atoms with Crippen LogP contribution >= 0.6 is 0 Å². The number of esters is 1. The van der Waals surface area contributed by atoms with Crippen molar-refractivity contribution in [2.24, 2.45) is 0 Å². The predicted molar refractivity (Wildman–Crippen MR) is 118 cm³/mol. The van der Waals surface area contributed by atoms with E-state index in [4.69, 9.17) is 0 Å². The van der Waals surface area contributed by atoms with Gasteiger partial charge in [0.25, 0.3) is 0 Å². The zero-order valence-corrected chi connectivity index (χ0v) is 19.0. The molecule has 4 nitrogen and oxygen atoms in total. The molecule has 0 fully saturated rings. The van der Waals surface area contributed by atoms with Gasteiger partial charge in [0.15, 0.2) is 0 Å². The van der Waals surface area contributed by atoms with E-state index in [9.17, 15) is 9.59 Å². The van der Waals surface area contributed by atoms with Gasteiger partial charge in [-0.05, 0) is 58.8 Å². The lowest BCUT2D eigenvalue weighted by atomic mass is 10.1. The Morgan fingerprint density at radius 2 is 1.36 bits per heavy atom. The first-order valence-corrected chi connectivity index (χ1v) is 11.5. The van der Waals surface area contributed by atoms with Crippen molar-refractivity contribution in [3.63, 3.8) is 0 Å². The largest absolute Gasteiger partial charge is 0.469 e. The van der Waals surface area contributed by atoms with Gasteiger partial charge in [-0.3, -0.25) is 9.59 Å². The van der Waals surface area contributed by atoms with Gasteiger partial charge < -0.3 is 9.64 Å². The van der Waals surface area contributed by atoms with E-state index in [1.54, 1.807) is 0 Å². The van der Waals surface area contributed by atoms with Gasteiger partial charge >= 0.3 is 5.97 Å². The highest BCUT2D eigenvalue weighted by Gasteiger charge is 2.14. The predicted octanol–water partition coefficient (Wildman–Crippen LogP) is 6.43. The van der Waals surface area contributed by atoms with Crippen molar-refractivity contribution < 1.29 is 14.3 Å². The van der Waals surface area contributed by atoms with Crippen LogP contribution in [0.15, 0.2) is 12.2 Å². The molecule has 0 aromatic rings. The van der Waals surface area contributed by atoms with E-state index in [1.807, 2.05) is 4.90 Å². The molecule has 0 rings (SSSR count). The third-order valence-electron chi connectivity index (χ3n) is 5.07. The lowest BCUT2D eigenvalue weighted by Gasteiger charge is -2.26. The SMILES string of the molecule is CCCC(=O)N(CCCC/C=C\CCCCCCCCCC(=O)OC)C(C)C. The average Bonchev–Trinajstić information content (AvgIpc) is 2.67. The molecule has 0 spiro atoms. The van der Waals surface area contributed by atoms with Crippen LogP contribution in [0.4, 0.5) is 0 Å². The lowest BCUT2D eigenvalue weighted by Crippen LogP contribution is -2.37. The fraction of sp³-hybridized carbons (Fsp3) is 0.833. The second-order valence-electron chi connectivity index (χ2n) is 7.99. The van der Waals surface area contributed by atoms with Crippen LogP contribution in [-0.4, -0.2) is 36.5 Å². The average molecular weight is 396 g/mol. The summed E-state index contributed by atoms with van der Waals surface area (Å²) >= 11 is 0. The van der Waals surface area contributed by atoms with E-state index in [0.717, 1.165) is 45.1 Å². The highest BCUT2D eigenvalue weighted by atomic mass is 16.5. The highest BCUT2D eigenvalue weighted by Crippen LogP contribution is 2.11. The summed E-state index contributed by atoms with van der Waals surface area (Å²) in [6.07, 6.45) is 19.8. The van der Waals surface area contributed by atoms with Crippen LogP contribution in [0.1, 0.15) is 111 Å². The van der Waals surface area contributed by atoms with Gasteiger partial charge in [0, 0.05) is 25.4 Å². The Balaban J connectivity index is 3.49. The standard InChI is InChI=1S/C24H45NO3/c1-5-19-23(26)25(22(2)3)21-18-16-14-12-10-8-6-7-9-11-13-15-17-20-24(27)28-4/h10,12,22H,5-9,11,13-21H2,1-4H3/b12-10-. The smallest absolute Gasteiger partial charge is 0.305 e. The molecule has 28 heavy (non-hydrogen) atoms. The van der Waals surface area contributed by atoms with Crippen molar-refractivity contribution >= 4 is 11.9 Å². The van der Waals surface area contributed by atoms with E-state index >= 15 is 0 Å². The second kappa shape index (κ2) is 19.0. The lowest BCUT2D eigenvalue weighted by molar-refractivity contribution is -0.140. The second-order valence-corrected chi connectivity index (χ2v) is 7.99. The Bertz CT molecular complexity index is 418. The molecule has 0 aliphatic heterocycles. The summed E-state index contributed by atoms with van der Waals surface area (Å²) in [7, 11) is 1.45. The Labute approximate surface area is 174 Å². The monoisotopic (exact) mass is 395 g/mol. The summed E-state index contributed by atoms with van der Waals surface area (Å²) in [5, 5.41) is 0. The third kappa shape index (κ3) is 15.7. The van der Waals surface area contributed by atoms with Crippen LogP contribution in [0.2, 0.25) is 0 Å². The highest BCUT2D eigenvalue weighted by molar-refractivity contribution is 5.76. The van der Waals surface area contributed by atoms with Crippen molar-refractivity contribution in [1.82, 2.24) is 4.90 Å². The molecule has 0 saturated carbocycles. The number of unbranched alkanes of at least 4 members (excludes halogenated alkanes) is 9. The summed E-state index contributed by atoms with van der Waals surface area (Å²) in [6, 6.07) is 0.308. The van der Waals surface area contributed by atoms with E-state index in [2.05, 4.69) is 37.7 Å². The quantitative estimate of drug-likeness (QED) is 0.152. The molecule has 164 valence electrons. The molecule has 0 heterocycles. The molecule has 0 aromatic heterocycles. The van der Waals surface area contributed by atoms with Crippen LogP contribution in [0.3, 0.4) is 0 Å². The summed E-state index contributed by atoms with van der Waals surface area (Å²) in [6.45, 7) is 7.17. The van der Waals surface area contributed by atoms with Crippen molar-refractivity contribution in [3.05, 3.63) is 12.2 Å². The number of nitrogens with zero attached hydrogens (tertiary/aromatic N) is 1. The van der Waals surface area contributed by atoms with E-state index in [0.29, 0.717) is 24.8 Å². The Morgan fingerprint density at radius 3 is 1.89 bits per heavy atom. The molecule has 0 unspecified atom stereocenters. The molecule has 0 radical (unpaired) electrons. The number of hydrogen-bond donors (Lipinski definition) is 0. The molecule has 0 atom stereocenters. The number of hydrogen-bond acceptors (Lipinski definition) is 3. The summed E-state index contributed by atoms with van der Waals surface area (Å²) in [5.41, 5.74) is 0. The van der Waals surface area contributed by atoms with Gasteiger partial charge in [0.05, 0.1) is 7.11 Å². The number of methoxy groups -OCH3 is 1. The minimum Gasteiger partial charge on any atom is -0.469 e. The molecular weight excluding hydrogens is 350 g/mol. The molecule has 0 N–H and O–H groups in total. The molecular formula is C24H45NO3. The summed E-state index contributed by atoms with van der Waals surface area (Å²) in [5.74, 6) is 0.213. The minimum absolute atomic E-state index is 0.0889. The van der Waals surface area contributed by atoms with Gasteiger partial charge in [-0.2, -0.15) is 0 Å². The van der Waals surface area contributed by atoms with E-state index in [1.165, 1.54) is 45.6 Å². The van der Waals surface area contributed by atoms with Crippen molar-refractivity contribution in [2.75, 3.05) is 13.7 Å². The topological polar surface area (TPSA) is 46.6 Å². The first kappa shape index (κ1) is 26.7. The van der Waals surface area contributed by atoms with Gasteiger partial charge in [0.1, 0.15) is 0 Å². The minimum atomic E-state index is -0.0889. The first-order chi connectivity index (χ1) is 13.5. The molecule has 0 bridgehead atoms. The van der Waals surface area contributed by atoms with Gasteiger partial charge in [-0.25, -0.2) is 0 Å². The number of rotatable bonds is 18. The number of allylic oxidation sites excluding steroid dienone is 2. The van der Waals surface area contributed by atoms with Gasteiger partial charge in [0.2, 0.25) is 5.91 Å². The maximum absolute atomic E-state index is 12.1. The van der Waals surface area contributed by atoms with Gasteiger partial charge in [-0.1, -0.05) is 51.2 Å². The maximum Gasteiger partial charge on any atom is 0.305 e. The molecule has 0 saturated heterocycles. The van der Waals surface area contributed by atoms with Crippen molar-refractivity contribution in [1.29, 1.82) is 0 Å². The van der Waals surface area contributed by atoms with Crippen molar-refractivity contribution in [2.45, 2.75) is 117 Å². The van der Waals surface area contributed by atoms with Crippen LogP contribution in [0.25, 0.3) is 0 Å². The number of amides is 1. The van der Waals surface area contributed by atoms with Crippen LogP contribution < -0.4 is 0 Å². The van der Waals surface area contributed by atoms with Crippen LogP contribution in [0.5, 0.6) is 0 Å². The third-order valence-corrected chi connectivity index (χ3v) is 5.07. The maximum atomic E-state index is 12.1. The number of carbonyl (C=O) groups excluding carboxylic acids is 2. The first-order valence-electron chi connectivity index (χ1n) is 11.5. The fourth-order valence-electron chi connectivity index (χ4n) is 3.33. The van der Waals surface area contributed by atoms with Gasteiger partial charge in [-0.15, -0.1) is 0 Å². The van der Waals surface area contributed by atoms with Crippen molar-refractivity contribution in [3.8, 4) is 0 Å². The molecule has 0 aliphatic rings. The zero-order valence-electron chi connectivity index (χ0n) is 19.0. The zero-order chi connectivity index (χ0) is 21.0. The van der Waals surface area contributed by atoms with Crippen LogP contribution in [0, 0.1) is 0 Å². The molecule has 1 amide bonds. The number of ether oxygens (including phenoxy) is 1. The molecule has 4 heteroatoms. The van der Waals surface area contributed by atoms with Crippen LogP contribution in [-0.2, 0) is 14.3 Å². The number of carbonyl (C=O) groups is 2. The Morgan fingerprint density at radius 1 is 0.821 bits per heavy atom. The van der Waals surface area contributed by atoms with E-state index in [-0.39, 0.29) is 5.97 Å². The fourth-order valence-corrected chi connectivity index (χ4v) is 3.33. The summed E-state index contributed by atoms with van der Waals surface area (Å²) < 4.78 is 4.64. The summed E-state index contributed by atoms with van der Waals surface area (Å²) in [4.78, 5) is 25.1. The Kier molecular flexibility index (Phi) is 18.1.